The second-order valence-electron chi connectivity index (χ2n) is 7.58. The average Bonchev–Trinajstić information content (AvgIpc) is 2.74. The van der Waals surface area contributed by atoms with Crippen LogP contribution in [0.1, 0.15) is 70.9 Å². The van der Waals surface area contributed by atoms with Gasteiger partial charge in [-0.2, -0.15) is 0 Å². The summed E-state index contributed by atoms with van der Waals surface area (Å²) in [5.41, 5.74) is 7.60. The first-order chi connectivity index (χ1) is 14.8. The van der Waals surface area contributed by atoms with E-state index in [4.69, 9.17) is 0 Å². The molecule has 0 radical (unpaired) electrons. The van der Waals surface area contributed by atoms with Gasteiger partial charge in [0.2, 0.25) is 0 Å². The molecule has 1 heteroatoms. The summed E-state index contributed by atoms with van der Waals surface area (Å²) in [6, 6.07) is 4.95. The second-order valence-corrected chi connectivity index (χ2v) is 7.58. The first-order valence-corrected chi connectivity index (χ1v) is 11.0. The van der Waals surface area contributed by atoms with Gasteiger partial charge in [0.25, 0.3) is 0 Å². The van der Waals surface area contributed by atoms with Crippen molar-refractivity contribution in [3.8, 4) is 12.8 Å². The fourth-order valence-electron chi connectivity index (χ4n) is 3.53. The third-order valence-corrected chi connectivity index (χ3v) is 4.99. The Hall–Kier alpha value is -2.85. The third kappa shape index (κ3) is 9.67. The molecule has 0 spiro atoms. The second kappa shape index (κ2) is 15.9. The molecule has 0 aliphatic heterocycles. The predicted molar refractivity (Wildman–Crippen MR) is 138 cm³/mol. The molecular formula is C30H39F. The Morgan fingerprint density at radius 3 is 2.32 bits per heavy atom. The van der Waals surface area contributed by atoms with Crippen LogP contribution in [-0.4, -0.2) is 0 Å². The van der Waals surface area contributed by atoms with Gasteiger partial charge in [0, 0.05) is 0 Å². The van der Waals surface area contributed by atoms with Crippen molar-refractivity contribution < 1.29 is 4.39 Å². The summed E-state index contributed by atoms with van der Waals surface area (Å²) in [5, 5.41) is 0. The fourth-order valence-corrected chi connectivity index (χ4v) is 3.53. The Labute approximate surface area is 190 Å². The summed E-state index contributed by atoms with van der Waals surface area (Å²) >= 11 is 0. The molecule has 1 aromatic carbocycles. The van der Waals surface area contributed by atoms with Gasteiger partial charge in [-0.1, -0.05) is 81.9 Å². The zero-order valence-corrected chi connectivity index (χ0v) is 20.1. The lowest BCUT2D eigenvalue weighted by atomic mass is 9.90. The minimum absolute atomic E-state index is 0.209. The van der Waals surface area contributed by atoms with Gasteiger partial charge in [0.05, 0.1) is 0 Å². The highest BCUT2D eigenvalue weighted by Gasteiger charge is 2.11. The van der Waals surface area contributed by atoms with E-state index in [1.807, 2.05) is 26.0 Å². The maximum atomic E-state index is 13.6. The first-order valence-electron chi connectivity index (χ1n) is 11.0. The van der Waals surface area contributed by atoms with Crippen molar-refractivity contribution in [2.24, 2.45) is 0 Å². The van der Waals surface area contributed by atoms with Gasteiger partial charge in [-0.15, -0.1) is 12.8 Å². The number of hydrogen-bond acceptors (Lipinski definition) is 0. The van der Waals surface area contributed by atoms with E-state index in [2.05, 4.69) is 71.1 Å². The highest BCUT2D eigenvalue weighted by molar-refractivity contribution is 5.83. The van der Waals surface area contributed by atoms with Gasteiger partial charge in [0.1, 0.15) is 5.82 Å². The van der Waals surface area contributed by atoms with E-state index in [0.29, 0.717) is 0 Å². The molecule has 0 saturated heterocycles. The first kappa shape index (κ1) is 28.2. The lowest BCUT2D eigenvalue weighted by molar-refractivity contribution is 0.626. The predicted octanol–water partition coefficient (Wildman–Crippen LogP) is 9.32. The highest BCUT2D eigenvalue weighted by atomic mass is 19.1. The summed E-state index contributed by atoms with van der Waals surface area (Å²) in [7, 11) is 0. The Balaban J connectivity index is 0.00000436. The van der Waals surface area contributed by atoms with Gasteiger partial charge in [-0.05, 0) is 85.6 Å². The van der Waals surface area contributed by atoms with Crippen molar-refractivity contribution in [2.45, 2.75) is 66.7 Å². The van der Waals surface area contributed by atoms with Gasteiger partial charge in [0.15, 0.2) is 0 Å². The van der Waals surface area contributed by atoms with Crippen molar-refractivity contribution in [3.63, 3.8) is 0 Å². The van der Waals surface area contributed by atoms with Crippen LogP contribution in [0, 0.1) is 25.6 Å². The molecule has 0 aliphatic rings. The quantitative estimate of drug-likeness (QED) is 0.191. The Morgan fingerprint density at radius 2 is 1.81 bits per heavy atom. The number of benzene rings is 1. The molecule has 0 aromatic heterocycles. The fraction of sp³-hybridized carbons (Fsp3) is 0.333. The lowest BCUT2D eigenvalue weighted by Crippen LogP contribution is -1.95. The summed E-state index contributed by atoms with van der Waals surface area (Å²) < 4.78 is 13.6. The highest BCUT2D eigenvalue weighted by Crippen LogP contribution is 2.31. The largest absolute Gasteiger partial charge is 0.207 e. The number of allylic oxidation sites excluding steroid dienone is 10. The van der Waals surface area contributed by atoms with Crippen LogP contribution >= 0.6 is 0 Å². The number of aryl methyl sites for hydroxylation is 1. The zero-order valence-electron chi connectivity index (χ0n) is 20.1. The molecule has 31 heavy (non-hydrogen) atoms. The van der Waals surface area contributed by atoms with E-state index in [1.165, 1.54) is 36.5 Å². The van der Waals surface area contributed by atoms with E-state index < -0.39 is 0 Å². The van der Waals surface area contributed by atoms with E-state index in [-0.39, 0.29) is 5.82 Å². The summed E-state index contributed by atoms with van der Waals surface area (Å²) in [6.45, 7) is 18.5. The van der Waals surface area contributed by atoms with Crippen LogP contribution in [0.5, 0.6) is 0 Å². The topological polar surface area (TPSA) is 0 Å². The Morgan fingerprint density at radius 1 is 1.13 bits per heavy atom. The molecule has 0 aliphatic carbocycles. The molecule has 0 N–H and O–H groups in total. The molecule has 0 amide bonds. The van der Waals surface area contributed by atoms with Crippen LogP contribution in [0.25, 0.3) is 5.57 Å². The maximum Gasteiger partial charge on any atom is 0.123 e. The molecule has 0 heterocycles. The van der Waals surface area contributed by atoms with E-state index in [9.17, 15) is 4.39 Å². The molecular weight excluding hydrogens is 379 g/mol. The molecule has 0 nitrogen and oxygen atoms in total. The molecule has 0 bridgehead atoms. The standard InChI is InChI=1S/C28H37F.C2H2/c1-8-11-12-13-14-16-25(15-9-2)24(10-3)19-23(7)28(21(4)5)27-18-17-26(29)20-22(27)6;1-2/h9,14-20H,2,4,8,10-13H2,1,3,5-7H3;1-2H/b16-14-,24-19+,25-15+,28-23+;. The van der Waals surface area contributed by atoms with Crippen molar-refractivity contribution >= 4 is 5.57 Å². The molecule has 0 unspecified atom stereocenters. The minimum atomic E-state index is -0.209. The number of hydrogen-bond donors (Lipinski definition) is 0. The van der Waals surface area contributed by atoms with E-state index in [1.54, 1.807) is 6.07 Å². The molecule has 0 saturated carbocycles. The summed E-state index contributed by atoms with van der Waals surface area (Å²) in [4.78, 5) is 0. The molecule has 0 atom stereocenters. The van der Waals surface area contributed by atoms with Gasteiger partial charge < -0.3 is 0 Å². The maximum absolute atomic E-state index is 13.6. The number of unbranched alkanes of at least 4 members (excludes halogenated alkanes) is 3. The van der Waals surface area contributed by atoms with Crippen LogP contribution in [0.15, 0.2) is 84.0 Å². The Bertz CT molecular complexity index is 869. The van der Waals surface area contributed by atoms with Crippen molar-refractivity contribution in [1.82, 2.24) is 0 Å². The zero-order chi connectivity index (χ0) is 23.8. The summed E-state index contributed by atoms with van der Waals surface area (Å²) in [5.74, 6) is -0.209. The normalized spacial score (nSPS) is 12.8. The number of halogens is 1. The minimum Gasteiger partial charge on any atom is -0.207 e. The van der Waals surface area contributed by atoms with Crippen molar-refractivity contribution in [3.05, 3.63) is 101 Å². The van der Waals surface area contributed by atoms with Crippen LogP contribution in [0.4, 0.5) is 4.39 Å². The number of terminal acetylenes is 1. The smallest absolute Gasteiger partial charge is 0.123 e. The van der Waals surface area contributed by atoms with Crippen molar-refractivity contribution in [1.29, 1.82) is 0 Å². The van der Waals surface area contributed by atoms with Crippen LogP contribution in [0.2, 0.25) is 0 Å². The van der Waals surface area contributed by atoms with E-state index >= 15 is 0 Å². The van der Waals surface area contributed by atoms with Crippen LogP contribution in [0.3, 0.4) is 0 Å². The summed E-state index contributed by atoms with van der Waals surface area (Å²) in [6.07, 6.45) is 24.4. The van der Waals surface area contributed by atoms with Gasteiger partial charge >= 0.3 is 0 Å². The third-order valence-electron chi connectivity index (χ3n) is 4.99. The van der Waals surface area contributed by atoms with Crippen molar-refractivity contribution in [2.75, 3.05) is 0 Å². The molecule has 166 valence electrons. The van der Waals surface area contributed by atoms with Gasteiger partial charge in [-0.3, -0.25) is 0 Å². The molecule has 0 fully saturated rings. The lowest BCUT2D eigenvalue weighted by Gasteiger charge is -2.15. The number of rotatable bonds is 11. The van der Waals surface area contributed by atoms with E-state index in [0.717, 1.165) is 40.7 Å². The van der Waals surface area contributed by atoms with Crippen LogP contribution in [-0.2, 0) is 0 Å². The molecule has 1 aromatic rings. The average molecular weight is 419 g/mol. The van der Waals surface area contributed by atoms with Crippen LogP contribution < -0.4 is 0 Å². The monoisotopic (exact) mass is 418 g/mol. The molecule has 1 rings (SSSR count). The Kier molecular flexibility index (Phi) is 14.5. The van der Waals surface area contributed by atoms with Gasteiger partial charge in [-0.25, -0.2) is 4.39 Å². The SMILES string of the molecule is C#C.C=C/C=C(\C=C/CCCCC)C(=C/C(C)=C(\C(=C)C)c1ccc(F)cc1C)/CC.